The molecule has 0 radical (unpaired) electrons. The van der Waals surface area contributed by atoms with E-state index in [2.05, 4.69) is 11.6 Å². The summed E-state index contributed by atoms with van der Waals surface area (Å²) in [7, 11) is 5.50. The van der Waals surface area contributed by atoms with Gasteiger partial charge >= 0.3 is 5.97 Å². The number of benzene rings is 2. The molecule has 156 valence electrons. The number of nitrogens with one attached hydrogen (secondary N) is 1. The maximum absolute atomic E-state index is 12.4. The Labute approximate surface area is 171 Å². The van der Waals surface area contributed by atoms with Gasteiger partial charge < -0.3 is 14.6 Å². The Balaban J connectivity index is 2.12. The topological polar surface area (TPSA) is 74.3 Å². The third-order valence-electron chi connectivity index (χ3n) is 5.32. The molecular formula is C22H29N3O4. The zero-order valence-electron chi connectivity index (χ0n) is 17.7. The Bertz CT molecular complexity index is 900. The highest BCUT2D eigenvalue weighted by Crippen LogP contribution is 2.44. The van der Waals surface area contributed by atoms with Crippen LogP contribution in [-0.4, -0.2) is 38.9 Å². The SMILES string of the molecule is CCOC(=O)CC(c1ccc(C)c(CO)c1)c1cc(OC)c2c(c1)N(C)NN2C. The molecule has 7 nitrogen and oxygen atoms in total. The van der Waals surface area contributed by atoms with Gasteiger partial charge in [0.05, 0.1) is 32.4 Å². The molecule has 1 atom stereocenters. The van der Waals surface area contributed by atoms with Gasteiger partial charge in [0.25, 0.3) is 0 Å². The number of carbonyl (C=O) groups is 1. The zero-order chi connectivity index (χ0) is 21.1. The number of hydrazine groups is 2. The number of fused-ring (bicyclic) bond motifs is 1. The lowest BCUT2D eigenvalue weighted by atomic mass is 9.86. The maximum Gasteiger partial charge on any atom is 0.306 e. The summed E-state index contributed by atoms with van der Waals surface area (Å²) in [6, 6.07) is 9.99. The molecule has 0 amide bonds. The van der Waals surface area contributed by atoms with Crippen LogP contribution in [0.4, 0.5) is 11.4 Å². The van der Waals surface area contributed by atoms with Crippen LogP contribution in [0.2, 0.25) is 0 Å². The van der Waals surface area contributed by atoms with Gasteiger partial charge in [-0.25, -0.2) is 0 Å². The average Bonchev–Trinajstić information content (AvgIpc) is 3.00. The van der Waals surface area contributed by atoms with E-state index in [1.165, 1.54) is 0 Å². The van der Waals surface area contributed by atoms with E-state index in [4.69, 9.17) is 9.47 Å². The molecule has 2 aromatic rings. The quantitative estimate of drug-likeness (QED) is 0.694. The number of methoxy groups -OCH3 is 1. The summed E-state index contributed by atoms with van der Waals surface area (Å²) in [4.78, 5) is 12.4. The second-order valence-electron chi connectivity index (χ2n) is 7.21. The Kier molecular flexibility index (Phi) is 6.30. The van der Waals surface area contributed by atoms with Gasteiger partial charge in [0.1, 0.15) is 11.4 Å². The van der Waals surface area contributed by atoms with Crippen LogP contribution in [0.15, 0.2) is 30.3 Å². The van der Waals surface area contributed by atoms with Crippen molar-refractivity contribution < 1.29 is 19.4 Å². The first-order chi connectivity index (χ1) is 13.9. The predicted molar refractivity (Wildman–Crippen MR) is 113 cm³/mol. The molecule has 0 aromatic heterocycles. The average molecular weight is 399 g/mol. The lowest BCUT2D eigenvalue weighted by Crippen LogP contribution is -2.39. The van der Waals surface area contributed by atoms with Crippen LogP contribution in [0.3, 0.4) is 0 Å². The molecule has 7 heteroatoms. The third-order valence-corrected chi connectivity index (χ3v) is 5.32. The van der Waals surface area contributed by atoms with Gasteiger partial charge in [-0.2, -0.15) is 0 Å². The highest BCUT2D eigenvalue weighted by Gasteiger charge is 2.28. The number of aliphatic hydroxyl groups is 1. The van der Waals surface area contributed by atoms with Crippen molar-refractivity contribution in [1.29, 1.82) is 0 Å². The molecule has 0 saturated heterocycles. The fourth-order valence-electron chi connectivity index (χ4n) is 3.79. The van der Waals surface area contributed by atoms with Gasteiger partial charge in [-0.3, -0.25) is 14.8 Å². The highest BCUT2D eigenvalue weighted by molar-refractivity contribution is 5.81. The fourth-order valence-corrected chi connectivity index (χ4v) is 3.79. The van der Waals surface area contributed by atoms with Crippen molar-refractivity contribution in [3.63, 3.8) is 0 Å². The Morgan fingerprint density at radius 1 is 1.17 bits per heavy atom. The van der Waals surface area contributed by atoms with Crippen molar-refractivity contribution in [3.05, 3.63) is 52.6 Å². The molecule has 1 aliphatic heterocycles. The summed E-state index contributed by atoms with van der Waals surface area (Å²) in [5.74, 6) is 0.241. The standard InChI is InChI=1S/C22H29N3O4/c1-6-29-21(27)12-18(15-8-7-14(2)17(9-15)13-26)16-10-19-22(20(11-16)28-5)25(4)23-24(19)3/h7-11,18,23,26H,6,12-13H2,1-5H3. The number of carbonyl (C=O) groups excluding carboxylic acids is 1. The lowest BCUT2D eigenvalue weighted by Gasteiger charge is -2.21. The van der Waals surface area contributed by atoms with Gasteiger partial charge in [0.2, 0.25) is 0 Å². The van der Waals surface area contributed by atoms with E-state index in [1.54, 1.807) is 14.0 Å². The number of hydrogen-bond donors (Lipinski definition) is 2. The zero-order valence-corrected chi connectivity index (χ0v) is 17.7. The van der Waals surface area contributed by atoms with Gasteiger partial charge in [-0.05, 0) is 48.2 Å². The largest absolute Gasteiger partial charge is 0.494 e. The van der Waals surface area contributed by atoms with E-state index in [0.717, 1.165) is 39.4 Å². The van der Waals surface area contributed by atoms with Crippen molar-refractivity contribution in [3.8, 4) is 5.75 Å². The minimum atomic E-state index is -0.258. The van der Waals surface area contributed by atoms with E-state index < -0.39 is 0 Å². The molecule has 1 unspecified atom stereocenters. The molecule has 1 aliphatic rings. The smallest absolute Gasteiger partial charge is 0.306 e. The molecule has 0 fully saturated rings. The third kappa shape index (κ3) is 4.16. The first kappa shape index (κ1) is 21.0. The molecule has 3 rings (SSSR count). The van der Waals surface area contributed by atoms with Crippen LogP contribution in [0, 0.1) is 6.92 Å². The fraction of sp³-hybridized carbons (Fsp3) is 0.409. The van der Waals surface area contributed by atoms with E-state index in [-0.39, 0.29) is 24.9 Å². The van der Waals surface area contributed by atoms with Crippen LogP contribution in [-0.2, 0) is 16.1 Å². The lowest BCUT2D eigenvalue weighted by molar-refractivity contribution is -0.143. The summed E-state index contributed by atoms with van der Waals surface area (Å²) in [5.41, 5.74) is 8.88. The van der Waals surface area contributed by atoms with E-state index in [0.29, 0.717) is 6.61 Å². The molecule has 1 heterocycles. The van der Waals surface area contributed by atoms with Gasteiger partial charge in [0, 0.05) is 20.0 Å². The van der Waals surface area contributed by atoms with Gasteiger partial charge in [0.15, 0.2) is 0 Å². The van der Waals surface area contributed by atoms with Crippen molar-refractivity contribution in [1.82, 2.24) is 5.53 Å². The Morgan fingerprint density at radius 3 is 2.59 bits per heavy atom. The Hall–Kier alpha value is -2.77. The molecule has 0 aliphatic carbocycles. The van der Waals surface area contributed by atoms with Gasteiger partial charge in [-0.1, -0.05) is 18.2 Å². The first-order valence-corrected chi connectivity index (χ1v) is 9.71. The Morgan fingerprint density at radius 2 is 1.93 bits per heavy atom. The molecular weight excluding hydrogens is 370 g/mol. The van der Waals surface area contributed by atoms with Crippen LogP contribution < -0.4 is 20.3 Å². The second kappa shape index (κ2) is 8.71. The predicted octanol–water partition coefficient (Wildman–Crippen LogP) is 2.89. The van der Waals surface area contributed by atoms with Crippen LogP contribution in [0.5, 0.6) is 5.75 Å². The summed E-state index contributed by atoms with van der Waals surface area (Å²) in [6.45, 7) is 4.06. The molecule has 2 N–H and O–H groups in total. The second-order valence-corrected chi connectivity index (χ2v) is 7.21. The molecule has 0 saturated carbocycles. The number of nitrogens with zero attached hydrogens (tertiary/aromatic N) is 2. The van der Waals surface area contributed by atoms with Crippen molar-refractivity contribution in [2.45, 2.75) is 32.8 Å². The normalized spacial score (nSPS) is 14.0. The van der Waals surface area contributed by atoms with E-state index >= 15 is 0 Å². The van der Waals surface area contributed by atoms with Crippen LogP contribution in [0.25, 0.3) is 0 Å². The van der Waals surface area contributed by atoms with Crippen LogP contribution >= 0.6 is 0 Å². The van der Waals surface area contributed by atoms with Crippen LogP contribution in [0.1, 0.15) is 41.5 Å². The number of aliphatic hydroxyl groups excluding tert-OH is 1. The molecule has 2 aromatic carbocycles. The van der Waals surface area contributed by atoms with E-state index in [9.17, 15) is 9.90 Å². The number of anilines is 2. The molecule has 0 bridgehead atoms. The minimum absolute atomic E-state index is 0.0449. The van der Waals surface area contributed by atoms with Gasteiger partial charge in [-0.15, -0.1) is 5.53 Å². The number of aryl methyl sites for hydroxylation is 1. The monoisotopic (exact) mass is 399 g/mol. The summed E-state index contributed by atoms with van der Waals surface area (Å²) in [6.07, 6.45) is 0.205. The highest BCUT2D eigenvalue weighted by atomic mass is 16.5. The number of esters is 1. The van der Waals surface area contributed by atoms with E-state index in [1.807, 2.05) is 55.3 Å². The van der Waals surface area contributed by atoms with Crippen molar-refractivity contribution in [2.24, 2.45) is 0 Å². The summed E-state index contributed by atoms with van der Waals surface area (Å²) >= 11 is 0. The summed E-state index contributed by atoms with van der Waals surface area (Å²) in [5, 5.41) is 13.5. The number of rotatable bonds is 7. The molecule has 0 spiro atoms. The molecule has 29 heavy (non-hydrogen) atoms. The van der Waals surface area contributed by atoms with Crippen molar-refractivity contribution in [2.75, 3.05) is 37.8 Å². The number of hydrogen-bond acceptors (Lipinski definition) is 7. The first-order valence-electron chi connectivity index (χ1n) is 9.71. The number of ether oxygens (including phenoxy) is 2. The minimum Gasteiger partial charge on any atom is -0.494 e. The maximum atomic E-state index is 12.4. The summed E-state index contributed by atoms with van der Waals surface area (Å²) < 4.78 is 10.9. The van der Waals surface area contributed by atoms with Crippen molar-refractivity contribution >= 4 is 17.3 Å².